The second kappa shape index (κ2) is 4.35. The van der Waals surface area contributed by atoms with Crippen molar-refractivity contribution in [3.8, 4) is 5.69 Å². The van der Waals surface area contributed by atoms with Crippen molar-refractivity contribution in [3.05, 3.63) is 55.6 Å². The Hall–Kier alpha value is -1.20. The van der Waals surface area contributed by atoms with Crippen molar-refractivity contribution in [1.82, 2.24) is 9.55 Å². The van der Waals surface area contributed by atoms with Crippen molar-refractivity contribution in [1.29, 1.82) is 0 Å². The minimum atomic E-state index is -0.186. The average Bonchev–Trinajstić information content (AvgIpc) is 2.22. The molecule has 1 N–H and O–H groups in total. The van der Waals surface area contributed by atoms with Gasteiger partial charge in [0.15, 0.2) is 4.77 Å². The number of aromatic nitrogens is 2. The third-order valence-electron chi connectivity index (χ3n) is 2.25. The van der Waals surface area contributed by atoms with Crippen LogP contribution in [0.4, 0.5) is 0 Å². The van der Waals surface area contributed by atoms with Gasteiger partial charge in [-0.1, -0.05) is 22.0 Å². The number of aromatic amines is 1. The molecule has 0 radical (unpaired) electrons. The van der Waals surface area contributed by atoms with E-state index in [1.165, 1.54) is 6.07 Å². The first-order valence-corrected chi connectivity index (χ1v) is 5.86. The molecule has 1 aromatic carbocycles. The zero-order chi connectivity index (χ0) is 11.7. The number of hydrogen-bond acceptors (Lipinski definition) is 2. The van der Waals surface area contributed by atoms with Gasteiger partial charge in [0, 0.05) is 16.7 Å². The number of aryl methyl sites for hydroxylation is 1. The highest BCUT2D eigenvalue weighted by molar-refractivity contribution is 9.10. The van der Waals surface area contributed by atoms with Crippen LogP contribution in [0, 0.1) is 11.7 Å². The van der Waals surface area contributed by atoms with Crippen molar-refractivity contribution < 1.29 is 0 Å². The van der Waals surface area contributed by atoms with Gasteiger partial charge < -0.3 is 0 Å². The molecule has 2 rings (SSSR count). The number of benzene rings is 1. The monoisotopic (exact) mass is 296 g/mol. The predicted octanol–water partition coefficient (Wildman–Crippen LogP) is 2.97. The van der Waals surface area contributed by atoms with Crippen LogP contribution in [0.3, 0.4) is 0 Å². The molecule has 16 heavy (non-hydrogen) atoms. The van der Waals surface area contributed by atoms with E-state index >= 15 is 0 Å². The first-order chi connectivity index (χ1) is 7.58. The molecule has 2 aromatic rings. The molecule has 0 unspecified atom stereocenters. The molecule has 0 atom stereocenters. The first kappa shape index (κ1) is 11.3. The Balaban J connectivity index is 2.72. The number of nitrogens with one attached hydrogen (secondary N) is 1. The summed E-state index contributed by atoms with van der Waals surface area (Å²) in [5.74, 6) is 0. The average molecular weight is 297 g/mol. The van der Waals surface area contributed by atoms with E-state index in [4.69, 9.17) is 12.2 Å². The lowest BCUT2D eigenvalue weighted by atomic mass is 10.2. The van der Waals surface area contributed by atoms with Crippen LogP contribution in [-0.2, 0) is 0 Å². The minimum Gasteiger partial charge on any atom is -0.299 e. The normalized spacial score (nSPS) is 10.4. The SMILES string of the molecule is Cc1ccc(Br)cc1-n1ccc(=O)[nH]c1=S. The van der Waals surface area contributed by atoms with Gasteiger partial charge in [-0.05, 0) is 36.8 Å². The van der Waals surface area contributed by atoms with Gasteiger partial charge in [-0.2, -0.15) is 0 Å². The van der Waals surface area contributed by atoms with Gasteiger partial charge in [-0.15, -0.1) is 0 Å². The summed E-state index contributed by atoms with van der Waals surface area (Å²) in [4.78, 5) is 13.7. The molecule has 0 saturated carbocycles. The van der Waals surface area contributed by atoms with E-state index in [1.54, 1.807) is 10.8 Å². The zero-order valence-corrected chi connectivity index (χ0v) is 10.9. The van der Waals surface area contributed by atoms with E-state index in [9.17, 15) is 4.79 Å². The Kier molecular flexibility index (Phi) is 3.07. The van der Waals surface area contributed by atoms with E-state index in [0.717, 1.165) is 15.7 Å². The first-order valence-electron chi connectivity index (χ1n) is 4.66. The van der Waals surface area contributed by atoms with Crippen molar-refractivity contribution in [2.45, 2.75) is 6.92 Å². The lowest BCUT2D eigenvalue weighted by molar-refractivity contribution is 0.928. The summed E-state index contributed by atoms with van der Waals surface area (Å²) in [5, 5.41) is 0. The van der Waals surface area contributed by atoms with Crippen LogP contribution in [0.2, 0.25) is 0 Å². The molecule has 0 fully saturated rings. The van der Waals surface area contributed by atoms with E-state index in [0.29, 0.717) is 4.77 Å². The predicted molar refractivity (Wildman–Crippen MR) is 69.7 cm³/mol. The number of nitrogens with zero attached hydrogens (tertiary/aromatic N) is 1. The quantitative estimate of drug-likeness (QED) is 0.822. The Morgan fingerprint density at radius 2 is 2.12 bits per heavy atom. The Bertz CT molecular complexity index is 645. The maximum absolute atomic E-state index is 11.1. The highest BCUT2D eigenvalue weighted by Gasteiger charge is 2.02. The molecular formula is C11H9BrN2OS. The molecular weight excluding hydrogens is 288 g/mol. The fourth-order valence-electron chi connectivity index (χ4n) is 1.45. The van der Waals surface area contributed by atoms with Crippen molar-refractivity contribution in [2.24, 2.45) is 0 Å². The second-order valence-electron chi connectivity index (χ2n) is 3.41. The lowest BCUT2D eigenvalue weighted by Gasteiger charge is -2.09. The molecule has 82 valence electrons. The molecule has 3 nitrogen and oxygen atoms in total. The molecule has 1 aromatic heterocycles. The number of halogens is 1. The molecule has 0 aliphatic heterocycles. The van der Waals surface area contributed by atoms with Gasteiger partial charge in [0.25, 0.3) is 5.56 Å². The van der Waals surface area contributed by atoms with Crippen molar-refractivity contribution >= 4 is 28.1 Å². The molecule has 0 aliphatic rings. The Morgan fingerprint density at radius 1 is 1.38 bits per heavy atom. The van der Waals surface area contributed by atoms with Crippen LogP contribution >= 0.6 is 28.1 Å². The van der Waals surface area contributed by atoms with Gasteiger partial charge in [-0.3, -0.25) is 14.3 Å². The molecule has 0 saturated heterocycles. The largest absolute Gasteiger partial charge is 0.299 e. The van der Waals surface area contributed by atoms with Gasteiger partial charge >= 0.3 is 0 Å². The Labute approximate surface area is 106 Å². The number of H-pyrrole nitrogens is 1. The zero-order valence-electron chi connectivity index (χ0n) is 8.53. The van der Waals surface area contributed by atoms with E-state index < -0.39 is 0 Å². The highest BCUT2D eigenvalue weighted by Crippen LogP contribution is 2.19. The van der Waals surface area contributed by atoms with E-state index in [1.807, 2.05) is 25.1 Å². The van der Waals surface area contributed by atoms with Crippen LogP contribution in [0.1, 0.15) is 5.56 Å². The topological polar surface area (TPSA) is 37.8 Å². The van der Waals surface area contributed by atoms with Gasteiger partial charge in [-0.25, -0.2) is 0 Å². The van der Waals surface area contributed by atoms with Gasteiger partial charge in [0.2, 0.25) is 0 Å². The summed E-state index contributed by atoms with van der Waals surface area (Å²) in [6.45, 7) is 1.99. The third kappa shape index (κ3) is 2.15. The smallest absolute Gasteiger partial charge is 0.251 e. The minimum absolute atomic E-state index is 0.186. The van der Waals surface area contributed by atoms with Crippen LogP contribution < -0.4 is 5.56 Å². The van der Waals surface area contributed by atoms with Crippen molar-refractivity contribution in [3.63, 3.8) is 0 Å². The molecule has 5 heteroatoms. The van der Waals surface area contributed by atoms with Crippen LogP contribution in [-0.4, -0.2) is 9.55 Å². The van der Waals surface area contributed by atoms with Crippen LogP contribution in [0.5, 0.6) is 0 Å². The molecule has 1 heterocycles. The van der Waals surface area contributed by atoms with E-state index in [-0.39, 0.29) is 5.56 Å². The van der Waals surface area contributed by atoms with Crippen LogP contribution in [0.15, 0.2) is 39.7 Å². The standard InChI is InChI=1S/C11H9BrN2OS/c1-7-2-3-8(12)6-9(7)14-5-4-10(15)13-11(14)16/h2-6H,1H3,(H,13,15,16). The lowest BCUT2D eigenvalue weighted by Crippen LogP contribution is -2.10. The molecule has 0 spiro atoms. The summed E-state index contributed by atoms with van der Waals surface area (Å²) >= 11 is 8.53. The molecule has 0 aliphatic carbocycles. The van der Waals surface area contributed by atoms with Gasteiger partial charge in [0.05, 0.1) is 5.69 Å². The molecule has 0 bridgehead atoms. The maximum atomic E-state index is 11.1. The van der Waals surface area contributed by atoms with E-state index in [2.05, 4.69) is 20.9 Å². The van der Waals surface area contributed by atoms with Crippen molar-refractivity contribution in [2.75, 3.05) is 0 Å². The summed E-state index contributed by atoms with van der Waals surface area (Å²) in [7, 11) is 0. The summed E-state index contributed by atoms with van der Waals surface area (Å²) in [5.41, 5.74) is 1.86. The summed E-state index contributed by atoms with van der Waals surface area (Å²) in [6, 6.07) is 7.38. The summed E-state index contributed by atoms with van der Waals surface area (Å²) < 4.78 is 3.14. The van der Waals surface area contributed by atoms with Crippen LogP contribution in [0.25, 0.3) is 5.69 Å². The fraction of sp³-hybridized carbons (Fsp3) is 0.0909. The fourth-order valence-corrected chi connectivity index (χ4v) is 2.06. The van der Waals surface area contributed by atoms with Gasteiger partial charge in [0.1, 0.15) is 0 Å². The third-order valence-corrected chi connectivity index (χ3v) is 3.05. The number of hydrogen-bond donors (Lipinski definition) is 1. The molecule has 0 amide bonds. The maximum Gasteiger partial charge on any atom is 0.251 e. The highest BCUT2D eigenvalue weighted by atomic mass is 79.9. The summed E-state index contributed by atoms with van der Waals surface area (Å²) in [6.07, 6.45) is 1.68. The Morgan fingerprint density at radius 3 is 2.81 bits per heavy atom. The number of rotatable bonds is 1. The second-order valence-corrected chi connectivity index (χ2v) is 4.71.